The summed E-state index contributed by atoms with van der Waals surface area (Å²) in [5.74, 6) is 0.242. The SMILES string of the molecule is COC(=O)C(CC(C)C)NCc1ccc(-c2ccccc2)cc1. The van der Waals surface area contributed by atoms with Gasteiger partial charge in [-0.1, -0.05) is 68.4 Å². The van der Waals surface area contributed by atoms with Crippen molar-refractivity contribution in [2.75, 3.05) is 7.11 Å². The summed E-state index contributed by atoms with van der Waals surface area (Å²) in [6.45, 7) is 4.86. The summed E-state index contributed by atoms with van der Waals surface area (Å²) >= 11 is 0. The molecule has 0 spiro atoms. The average molecular weight is 311 g/mol. The van der Waals surface area contributed by atoms with Crippen molar-refractivity contribution in [2.24, 2.45) is 5.92 Å². The van der Waals surface area contributed by atoms with Gasteiger partial charge < -0.3 is 10.1 Å². The topological polar surface area (TPSA) is 38.3 Å². The van der Waals surface area contributed by atoms with Crippen molar-refractivity contribution in [1.29, 1.82) is 0 Å². The lowest BCUT2D eigenvalue weighted by atomic mass is 10.0. The summed E-state index contributed by atoms with van der Waals surface area (Å²) < 4.78 is 4.88. The first-order valence-electron chi connectivity index (χ1n) is 8.05. The third-order valence-corrected chi connectivity index (χ3v) is 3.81. The van der Waals surface area contributed by atoms with Crippen LogP contribution in [0, 0.1) is 5.92 Å². The number of hydrogen-bond acceptors (Lipinski definition) is 3. The zero-order chi connectivity index (χ0) is 16.7. The molecule has 0 bridgehead atoms. The number of ether oxygens (including phenoxy) is 1. The molecular formula is C20H25NO2. The Kier molecular flexibility index (Phi) is 6.36. The summed E-state index contributed by atoms with van der Waals surface area (Å²) in [7, 11) is 1.44. The molecule has 2 aromatic rings. The number of carbonyl (C=O) groups excluding carboxylic acids is 1. The van der Waals surface area contributed by atoms with Crippen molar-refractivity contribution < 1.29 is 9.53 Å². The molecule has 0 heterocycles. The largest absolute Gasteiger partial charge is 0.468 e. The van der Waals surface area contributed by atoms with E-state index >= 15 is 0 Å². The van der Waals surface area contributed by atoms with Gasteiger partial charge in [0.05, 0.1) is 7.11 Å². The highest BCUT2D eigenvalue weighted by Gasteiger charge is 2.19. The van der Waals surface area contributed by atoms with E-state index in [-0.39, 0.29) is 12.0 Å². The second-order valence-electron chi connectivity index (χ2n) is 6.15. The highest BCUT2D eigenvalue weighted by Crippen LogP contribution is 2.19. The van der Waals surface area contributed by atoms with Crippen LogP contribution >= 0.6 is 0 Å². The molecule has 0 aromatic heterocycles. The van der Waals surface area contributed by atoms with Gasteiger partial charge >= 0.3 is 5.97 Å². The molecule has 0 fully saturated rings. The second kappa shape index (κ2) is 8.49. The Hall–Kier alpha value is -2.13. The van der Waals surface area contributed by atoms with Gasteiger partial charge in [-0.05, 0) is 29.0 Å². The number of esters is 1. The van der Waals surface area contributed by atoms with Crippen LogP contribution in [0.5, 0.6) is 0 Å². The van der Waals surface area contributed by atoms with Crippen molar-refractivity contribution in [1.82, 2.24) is 5.32 Å². The molecule has 1 N–H and O–H groups in total. The molecule has 0 aliphatic rings. The summed E-state index contributed by atoms with van der Waals surface area (Å²) in [6, 6.07) is 18.5. The molecule has 0 saturated carbocycles. The van der Waals surface area contributed by atoms with E-state index in [1.54, 1.807) is 0 Å². The predicted octanol–water partition coefficient (Wildman–Crippen LogP) is 4.03. The van der Waals surface area contributed by atoms with Crippen LogP contribution in [0.1, 0.15) is 25.8 Å². The molecule has 3 nitrogen and oxygen atoms in total. The molecule has 0 amide bonds. The van der Waals surface area contributed by atoms with Crippen molar-refractivity contribution in [2.45, 2.75) is 32.9 Å². The van der Waals surface area contributed by atoms with Crippen LogP contribution in [0.4, 0.5) is 0 Å². The molecule has 0 radical (unpaired) electrons. The molecule has 2 aromatic carbocycles. The van der Waals surface area contributed by atoms with Crippen molar-refractivity contribution in [3.05, 3.63) is 60.2 Å². The van der Waals surface area contributed by atoms with E-state index in [4.69, 9.17) is 4.74 Å². The number of hydrogen-bond donors (Lipinski definition) is 1. The fourth-order valence-corrected chi connectivity index (χ4v) is 2.56. The van der Waals surface area contributed by atoms with Crippen LogP contribution in [-0.2, 0) is 16.1 Å². The van der Waals surface area contributed by atoms with Gasteiger partial charge in [-0.2, -0.15) is 0 Å². The van der Waals surface area contributed by atoms with E-state index in [2.05, 4.69) is 55.6 Å². The van der Waals surface area contributed by atoms with Gasteiger partial charge in [0.2, 0.25) is 0 Å². The van der Waals surface area contributed by atoms with E-state index in [1.165, 1.54) is 18.2 Å². The minimum absolute atomic E-state index is 0.195. The zero-order valence-corrected chi connectivity index (χ0v) is 14.1. The first-order chi connectivity index (χ1) is 11.1. The Morgan fingerprint density at radius 1 is 1.00 bits per heavy atom. The minimum atomic E-state index is -0.256. The number of benzene rings is 2. The molecule has 1 atom stereocenters. The quantitative estimate of drug-likeness (QED) is 0.785. The summed E-state index contributed by atoms with van der Waals surface area (Å²) in [6.07, 6.45) is 0.773. The second-order valence-corrected chi connectivity index (χ2v) is 6.15. The number of nitrogens with one attached hydrogen (secondary N) is 1. The molecule has 122 valence electrons. The van der Waals surface area contributed by atoms with E-state index in [9.17, 15) is 4.79 Å². The summed E-state index contributed by atoms with van der Waals surface area (Å²) in [5, 5.41) is 3.30. The normalized spacial score (nSPS) is 12.2. The molecule has 0 aliphatic carbocycles. The van der Waals surface area contributed by atoms with Gasteiger partial charge in [0, 0.05) is 6.54 Å². The van der Waals surface area contributed by atoms with E-state index < -0.39 is 0 Å². The third kappa shape index (κ3) is 5.22. The first kappa shape index (κ1) is 17.2. The summed E-state index contributed by atoms with van der Waals surface area (Å²) in [5.41, 5.74) is 3.56. The highest BCUT2D eigenvalue weighted by atomic mass is 16.5. The molecule has 1 unspecified atom stereocenters. The summed E-state index contributed by atoms with van der Waals surface area (Å²) in [4.78, 5) is 11.8. The van der Waals surface area contributed by atoms with Gasteiger partial charge in [-0.3, -0.25) is 4.79 Å². The smallest absolute Gasteiger partial charge is 0.322 e. The zero-order valence-electron chi connectivity index (χ0n) is 14.1. The van der Waals surface area contributed by atoms with Crippen LogP contribution in [0.2, 0.25) is 0 Å². The molecular weight excluding hydrogens is 286 g/mol. The molecule has 23 heavy (non-hydrogen) atoms. The predicted molar refractivity (Wildman–Crippen MR) is 94.0 cm³/mol. The Morgan fingerprint density at radius 3 is 2.17 bits per heavy atom. The van der Waals surface area contributed by atoms with Crippen LogP contribution in [-0.4, -0.2) is 19.1 Å². The molecule has 2 rings (SSSR count). The minimum Gasteiger partial charge on any atom is -0.468 e. The lowest BCUT2D eigenvalue weighted by Gasteiger charge is -2.18. The Balaban J connectivity index is 1.98. The van der Waals surface area contributed by atoms with Gasteiger partial charge in [0.15, 0.2) is 0 Å². The van der Waals surface area contributed by atoms with E-state index in [0.29, 0.717) is 12.5 Å². The van der Waals surface area contributed by atoms with Gasteiger partial charge in [-0.25, -0.2) is 0 Å². The number of rotatable bonds is 7. The molecule has 0 saturated heterocycles. The van der Waals surface area contributed by atoms with Crippen LogP contribution < -0.4 is 5.32 Å². The van der Waals surface area contributed by atoms with E-state index in [0.717, 1.165) is 12.0 Å². The fraction of sp³-hybridized carbons (Fsp3) is 0.350. The van der Waals surface area contributed by atoms with Gasteiger partial charge in [-0.15, -0.1) is 0 Å². The van der Waals surface area contributed by atoms with Crippen LogP contribution in [0.25, 0.3) is 11.1 Å². The highest BCUT2D eigenvalue weighted by molar-refractivity contribution is 5.75. The maximum atomic E-state index is 11.8. The average Bonchev–Trinajstić information content (AvgIpc) is 2.59. The monoisotopic (exact) mass is 311 g/mol. The standard InChI is InChI=1S/C20H25NO2/c1-15(2)13-19(20(22)23-3)21-14-16-9-11-18(12-10-16)17-7-5-4-6-8-17/h4-12,15,19,21H,13-14H2,1-3H3. The van der Waals surface area contributed by atoms with Gasteiger partial charge in [0.25, 0.3) is 0 Å². The van der Waals surface area contributed by atoms with Crippen molar-refractivity contribution in [3.8, 4) is 11.1 Å². The first-order valence-corrected chi connectivity index (χ1v) is 8.05. The molecule has 0 aliphatic heterocycles. The number of methoxy groups -OCH3 is 1. The van der Waals surface area contributed by atoms with Crippen molar-refractivity contribution in [3.63, 3.8) is 0 Å². The maximum Gasteiger partial charge on any atom is 0.322 e. The lowest BCUT2D eigenvalue weighted by molar-refractivity contribution is -0.143. The number of carbonyl (C=O) groups is 1. The van der Waals surface area contributed by atoms with Crippen LogP contribution in [0.3, 0.4) is 0 Å². The maximum absolute atomic E-state index is 11.8. The fourth-order valence-electron chi connectivity index (χ4n) is 2.56. The third-order valence-electron chi connectivity index (χ3n) is 3.81. The van der Waals surface area contributed by atoms with Crippen LogP contribution in [0.15, 0.2) is 54.6 Å². The van der Waals surface area contributed by atoms with Crippen molar-refractivity contribution >= 4 is 5.97 Å². The lowest BCUT2D eigenvalue weighted by Crippen LogP contribution is -2.38. The Morgan fingerprint density at radius 2 is 1.61 bits per heavy atom. The van der Waals surface area contributed by atoms with E-state index in [1.807, 2.05) is 18.2 Å². The Labute approximate surface area is 138 Å². The Bertz CT molecular complexity index is 605. The van der Waals surface area contributed by atoms with Gasteiger partial charge in [0.1, 0.15) is 6.04 Å². The molecule has 3 heteroatoms.